The van der Waals surface area contributed by atoms with E-state index in [1.807, 2.05) is 0 Å². The Bertz CT molecular complexity index is 496. The zero-order valence-corrected chi connectivity index (χ0v) is 24.7. The molecular weight excluding hydrogens is 446 g/mol. The van der Waals surface area contributed by atoms with Gasteiger partial charge in [-0.25, -0.2) is 4.79 Å². The molecule has 0 aliphatic rings. The molecule has 3 amide bonds. The van der Waals surface area contributed by atoms with Crippen LogP contribution < -0.4 is 16.0 Å². The lowest BCUT2D eigenvalue weighted by Gasteiger charge is -2.20. The molecule has 5 heteroatoms. The van der Waals surface area contributed by atoms with Crippen molar-refractivity contribution in [3.05, 3.63) is 0 Å². The third kappa shape index (κ3) is 24.4. The second-order valence-corrected chi connectivity index (χ2v) is 11.2. The summed E-state index contributed by atoms with van der Waals surface area (Å²) < 4.78 is 0. The van der Waals surface area contributed by atoms with Crippen LogP contribution in [-0.2, 0) is 4.79 Å². The van der Waals surface area contributed by atoms with Crippen molar-refractivity contribution < 1.29 is 9.59 Å². The highest BCUT2D eigenvalue weighted by atomic mass is 16.2. The van der Waals surface area contributed by atoms with Crippen molar-refractivity contribution in [3.63, 3.8) is 0 Å². The van der Waals surface area contributed by atoms with Crippen LogP contribution >= 0.6 is 0 Å². The van der Waals surface area contributed by atoms with Gasteiger partial charge in [-0.2, -0.15) is 0 Å². The second-order valence-electron chi connectivity index (χ2n) is 11.2. The average Bonchev–Trinajstić information content (AvgIpc) is 2.85. The van der Waals surface area contributed by atoms with E-state index >= 15 is 0 Å². The molecule has 0 unspecified atom stereocenters. The summed E-state index contributed by atoms with van der Waals surface area (Å²) in [6.07, 6.45) is 26.5. The summed E-state index contributed by atoms with van der Waals surface area (Å²) >= 11 is 0. The molecule has 0 aromatic heterocycles. The van der Waals surface area contributed by atoms with E-state index in [1.54, 1.807) is 0 Å². The number of hydrogen-bond acceptors (Lipinski definition) is 2. The number of nitrogens with one attached hydrogen (secondary N) is 3. The van der Waals surface area contributed by atoms with Crippen LogP contribution in [0.15, 0.2) is 0 Å². The summed E-state index contributed by atoms with van der Waals surface area (Å²) in [5.41, 5.74) is 0. The fourth-order valence-electron chi connectivity index (χ4n) is 4.67. The molecule has 3 N–H and O–H groups in total. The highest BCUT2D eigenvalue weighted by Crippen LogP contribution is 2.13. The van der Waals surface area contributed by atoms with Gasteiger partial charge in [-0.1, -0.05) is 143 Å². The standard InChI is InChI=1S/C31H63N3O2/c1-5-7-9-11-13-14-15-16-17-18-19-20-22-24-26-33-31(36)34-29(27-28(3)4)30(35)32-25-23-21-12-10-8-6-2/h28-29H,5-27H2,1-4H3,(H,32,35)(H2,33,34,36)/t29-/m0/s1. The van der Waals surface area contributed by atoms with E-state index < -0.39 is 6.04 Å². The van der Waals surface area contributed by atoms with E-state index in [0.717, 1.165) is 25.7 Å². The molecule has 0 saturated carbocycles. The molecule has 214 valence electrons. The highest BCUT2D eigenvalue weighted by Gasteiger charge is 2.21. The minimum absolute atomic E-state index is 0.0519. The monoisotopic (exact) mass is 509 g/mol. The zero-order chi connectivity index (χ0) is 26.7. The third-order valence-corrected chi connectivity index (χ3v) is 6.97. The van der Waals surface area contributed by atoms with Crippen molar-refractivity contribution in [1.82, 2.24) is 16.0 Å². The maximum absolute atomic E-state index is 12.6. The van der Waals surface area contributed by atoms with Gasteiger partial charge in [-0.3, -0.25) is 4.79 Å². The maximum atomic E-state index is 12.6. The molecule has 0 spiro atoms. The average molecular weight is 510 g/mol. The van der Waals surface area contributed by atoms with Gasteiger partial charge >= 0.3 is 6.03 Å². The first-order chi connectivity index (χ1) is 17.5. The summed E-state index contributed by atoms with van der Waals surface area (Å²) in [6.45, 7) is 10.0. The molecule has 0 heterocycles. The van der Waals surface area contributed by atoms with Crippen LogP contribution in [0.5, 0.6) is 0 Å². The number of unbranched alkanes of at least 4 members (excludes halogenated alkanes) is 18. The van der Waals surface area contributed by atoms with Gasteiger partial charge in [-0.05, 0) is 25.2 Å². The quantitative estimate of drug-likeness (QED) is 0.102. The lowest BCUT2D eigenvalue weighted by atomic mass is 10.0. The summed E-state index contributed by atoms with van der Waals surface area (Å²) in [7, 11) is 0. The number of carbonyl (C=O) groups excluding carboxylic acids is 2. The molecule has 0 aromatic carbocycles. The fourth-order valence-corrected chi connectivity index (χ4v) is 4.67. The fraction of sp³-hybridized carbons (Fsp3) is 0.935. The van der Waals surface area contributed by atoms with Crippen LogP contribution in [0.3, 0.4) is 0 Å². The van der Waals surface area contributed by atoms with Crippen LogP contribution in [0.4, 0.5) is 4.79 Å². The molecule has 5 nitrogen and oxygen atoms in total. The van der Waals surface area contributed by atoms with Crippen molar-refractivity contribution in [3.8, 4) is 0 Å². The van der Waals surface area contributed by atoms with Gasteiger partial charge in [0.2, 0.25) is 5.91 Å². The molecule has 0 radical (unpaired) electrons. The van der Waals surface area contributed by atoms with Crippen molar-refractivity contribution in [2.24, 2.45) is 5.92 Å². The molecule has 0 aromatic rings. The van der Waals surface area contributed by atoms with Crippen molar-refractivity contribution in [2.45, 2.75) is 169 Å². The first kappa shape index (κ1) is 34.7. The predicted molar refractivity (Wildman–Crippen MR) is 156 cm³/mol. The second kappa shape index (κ2) is 26.8. The molecule has 0 fully saturated rings. The number of hydrogen-bond donors (Lipinski definition) is 3. The minimum atomic E-state index is -0.457. The molecule has 36 heavy (non-hydrogen) atoms. The molecular formula is C31H63N3O2. The number of rotatable bonds is 26. The number of carbonyl (C=O) groups is 2. The zero-order valence-electron chi connectivity index (χ0n) is 24.7. The van der Waals surface area contributed by atoms with Gasteiger partial charge in [-0.15, -0.1) is 0 Å². The lowest BCUT2D eigenvalue weighted by Crippen LogP contribution is -2.50. The smallest absolute Gasteiger partial charge is 0.315 e. The van der Waals surface area contributed by atoms with E-state index in [0.29, 0.717) is 25.4 Å². The normalized spacial score (nSPS) is 12.0. The molecule has 0 bridgehead atoms. The summed E-state index contributed by atoms with van der Waals surface area (Å²) in [5.74, 6) is 0.296. The van der Waals surface area contributed by atoms with E-state index in [-0.39, 0.29) is 11.9 Å². The molecule has 0 aliphatic heterocycles. The minimum Gasteiger partial charge on any atom is -0.354 e. The van der Waals surface area contributed by atoms with Gasteiger partial charge in [0.1, 0.15) is 6.04 Å². The Labute approximate surface area is 225 Å². The predicted octanol–water partition coefficient (Wildman–Crippen LogP) is 8.66. The third-order valence-electron chi connectivity index (χ3n) is 6.97. The Morgan fingerprint density at radius 3 is 1.28 bits per heavy atom. The van der Waals surface area contributed by atoms with E-state index in [4.69, 9.17) is 0 Å². The molecule has 0 aliphatic carbocycles. The number of urea groups is 1. The Balaban J connectivity index is 3.76. The van der Waals surface area contributed by atoms with Crippen LogP contribution in [0.2, 0.25) is 0 Å². The molecule has 1 atom stereocenters. The summed E-state index contributed by atoms with van der Waals surface area (Å²) in [5, 5.41) is 8.88. The molecule has 0 rings (SSSR count). The topological polar surface area (TPSA) is 70.2 Å². The van der Waals surface area contributed by atoms with Crippen molar-refractivity contribution >= 4 is 11.9 Å². The van der Waals surface area contributed by atoms with Gasteiger partial charge in [0, 0.05) is 13.1 Å². The van der Waals surface area contributed by atoms with E-state index in [9.17, 15) is 9.59 Å². The van der Waals surface area contributed by atoms with Gasteiger partial charge in [0.05, 0.1) is 0 Å². The van der Waals surface area contributed by atoms with E-state index in [2.05, 4.69) is 43.6 Å². The SMILES string of the molecule is CCCCCCCCCCCCCCCCNC(=O)N[C@@H](CC(C)C)C(=O)NCCCCCCCC. The Morgan fingerprint density at radius 1 is 0.528 bits per heavy atom. The maximum Gasteiger partial charge on any atom is 0.315 e. The van der Waals surface area contributed by atoms with Gasteiger partial charge in [0.15, 0.2) is 0 Å². The Morgan fingerprint density at radius 2 is 0.889 bits per heavy atom. The van der Waals surface area contributed by atoms with Crippen molar-refractivity contribution in [2.75, 3.05) is 13.1 Å². The Hall–Kier alpha value is -1.26. The first-order valence-electron chi connectivity index (χ1n) is 15.8. The largest absolute Gasteiger partial charge is 0.354 e. The van der Waals surface area contributed by atoms with Crippen LogP contribution in [0.25, 0.3) is 0 Å². The van der Waals surface area contributed by atoms with Crippen LogP contribution in [-0.4, -0.2) is 31.1 Å². The van der Waals surface area contributed by atoms with Crippen molar-refractivity contribution in [1.29, 1.82) is 0 Å². The van der Waals surface area contributed by atoms with Gasteiger partial charge < -0.3 is 16.0 Å². The number of amides is 3. The highest BCUT2D eigenvalue weighted by molar-refractivity contribution is 5.86. The van der Waals surface area contributed by atoms with Gasteiger partial charge in [0.25, 0.3) is 0 Å². The van der Waals surface area contributed by atoms with Crippen LogP contribution in [0.1, 0.15) is 163 Å². The molecule has 0 saturated heterocycles. The van der Waals surface area contributed by atoms with E-state index in [1.165, 1.54) is 103 Å². The van der Waals surface area contributed by atoms with Crippen LogP contribution in [0, 0.1) is 5.92 Å². The lowest BCUT2D eigenvalue weighted by molar-refractivity contribution is -0.123. The summed E-state index contributed by atoms with van der Waals surface area (Å²) in [6, 6.07) is -0.675. The Kier molecular flexibility index (Phi) is 25.9. The first-order valence-corrected chi connectivity index (χ1v) is 15.8. The summed E-state index contributed by atoms with van der Waals surface area (Å²) in [4.78, 5) is 25.0.